The Bertz CT molecular complexity index is 368. The van der Waals surface area contributed by atoms with Crippen LogP contribution in [0.5, 0.6) is 0 Å². The molecule has 4 heteroatoms. The summed E-state index contributed by atoms with van der Waals surface area (Å²) in [6, 6.07) is 0. The summed E-state index contributed by atoms with van der Waals surface area (Å²) in [5.41, 5.74) is 0.656. The molecule has 0 amide bonds. The van der Waals surface area contributed by atoms with Gasteiger partial charge < -0.3 is 4.74 Å². The van der Waals surface area contributed by atoms with Gasteiger partial charge in [-0.15, -0.1) is 0 Å². The summed E-state index contributed by atoms with van der Waals surface area (Å²) in [6.45, 7) is 3.46. The summed E-state index contributed by atoms with van der Waals surface area (Å²) in [5, 5.41) is 0. The van der Waals surface area contributed by atoms with Crippen molar-refractivity contribution in [1.82, 2.24) is 0 Å². The summed E-state index contributed by atoms with van der Waals surface area (Å²) in [7, 11) is 0. The van der Waals surface area contributed by atoms with Gasteiger partial charge in [-0.3, -0.25) is 14.6 Å². The highest BCUT2D eigenvalue weighted by atomic mass is 16.6. The average Bonchev–Trinajstić information content (AvgIpc) is 2.44. The molecule has 4 nitrogen and oxygen atoms in total. The minimum atomic E-state index is -0.523. The zero-order chi connectivity index (χ0) is 10.1. The van der Waals surface area contributed by atoms with E-state index in [0.717, 1.165) is 0 Å². The number of ether oxygens (including phenoxy) is 1. The van der Waals surface area contributed by atoms with E-state index in [9.17, 15) is 9.59 Å². The molecule has 2 aliphatic rings. The Morgan fingerprint density at radius 3 is 3.00 bits per heavy atom. The number of hydrogen-bond acceptors (Lipinski definition) is 4. The first-order valence-electron chi connectivity index (χ1n) is 4.33. The van der Waals surface area contributed by atoms with Crippen LogP contribution in [0.2, 0.25) is 0 Å². The number of cyclic esters (lactones) is 2. The molecule has 2 atom stereocenters. The number of rotatable bonds is 1. The molecular weight excluding hydrogens is 182 g/mol. The zero-order valence-corrected chi connectivity index (χ0v) is 7.47. The predicted octanol–water partition coefficient (Wildman–Crippen LogP) is 0.847. The fraction of sp³-hybridized carbons (Fsp3) is 0.300. The Hall–Kier alpha value is -1.71. The molecule has 1 fully saturated rings. The van der Waals surface area contributed by atoms with Crippen molar-refractivity contribution in [3.8, 4) is 0 Å². The quantitative estimate of drug-likeness (QED) is 0.350. The van der Waals surface area contributed by atoms with E-state index in [2.05, 4.69) is 16.3 Å². The smallest absolute Gasteiger partial charge is 0.323 e. The monoisotopic (exact) mass is 191 g/mol. The van der Waals surface area contributed by atoms with Crippen molar-refractivity contribution in [3.05, 3.63) is 24.9 Å². The first-order chi connectivity index (χ1) is 6.74. The lowest BCUT2D eigenvalue weighted by Crippen LogP contribution is -2.27. The topological polar surface area (TPSA) is 55.7 Å². The van der Waals surface area contributed by atoms with Crippen molar-refractivity contribution in [1.29, 1.82) is 0 Å². The van der Waals surface area contributed by atoms with Crippen molar-refractivity contribution in [2.45, 2.75) is 6.42 Å². The maximum absolute atomic E-state index is 11.3. The first kappa shape index (κ1) is 8.87. The lowest BCUT2D eigenvalue weighted by atomic mass is 9.84. The number of carbonyl (C=O) groups is 2. The minimum Gasteiger partial charge on any atom is -0.392 e. The van der Waals surface area contributed by atoms with E-state index in [1.54, 1.807) is 6.08 Å². The second-order valence-electron chi connectivity index (χ2n) is 3.18. The average molecular weight is 191 g/mol. The molecule has 0 spiro atoms. The summed E-state index contributed by atoms with van der Waals surface area (Å²) < 4.78 is 4.54. The fourth-order valence-electron chi connectivity index (χ4n) is 1.76. The van der Waals surface area contributed by atoms with Crippen LogP contribution < -0.4 is 0 Å². The standard InChI is InChI=1S/C10H9NO3/c1-2-11-7-5-3-4-6-8(7)10(13)14-9(6)12/h2-4,6,8H,1,5H2. The Kier molecular flexibility index (Phi) is 2.04. The van der Waals surface area contributed by atoms with Crippen LogP contribution in [0.4, 0.5) is 0 Å². The predicted molar refractivity (Wildman–Crippen MR) is 49.5 cm³/mol. The Balaban J connectivity index is 2.40. The van der Waals surface area contributed by atoms with Crippen molar-refractivity contribution < 1.29 is 14.3 Å². The molecule has 1 saturated heterocycles. The van der Waals surface area contributed by atoms with E-state index in [0.29, 0.717) is 12.1 Å². The van der Waals surface area contributed by atoms with Gasteiger partial charge in [0, 0.05) is 18.3 Å². The van der Waals surface area contributed by atoms with Gasteiger partial charge in [-0.25, -0.2) is 0 Å². The van der Waals surface area contributed by atoms with Crippen LogP contribution in [-0.4, -0.2) is 17.7 Å². The molecule has 1 aliphatic heterocycles. The molecule has 0 aromatic carbocycles. The number of carbonyl (C=O) groups excluding carboxylic acids is 2. The van der Waals surface area contributed by atoms with Gasteiger partial charge in [0.1, 0.15) is 5.92 Å². The van der Waals surface area contributed by atoms with E-state index < -0.39 is 23.8 Å². The van der Waals surface area contributed by atoms with E-state index in [1.165, 1.54) is 6.20 Å². The third kappa shape index (κ3) is 1.19. The van der Waals surface area contributed by atoms with Crippen LogP contribution in [-0.2, 0) is 14.3 Å². The molecule has 0 saturated carbocycles. The molecule has 0 N–H and O–H groups in total. The van der Waals surface area contributed by atoms with E-state index in [4.69, 9.17) is 0 Å². The van der Waals surface area contributed by atoms with Crippen LogP contribution in [0.15, 0.2) is 29.9 Å². The normalized spacial score (nSPS) is 33.0. The van der Waals surface area contributed by atoms with Crippen molar-refractivity contribution in [2.24, 2.45) is 16.8 Å². The van der Waals surface area contributed by atoms with Gasteiger partial charge in [0.2, 0.25) is 0 Å². The molecule has 0 aromatic rings. The SMILES string of the molecule is C=CN=C1CC=CC2C(=O)OC(=O)C12. The highest BCUT2D eigenvalue weighted by Gasteiger charge is 2.46. The largest absolute Gasteiger partial charge is 0.392 e. The van der Waals surface area contributed by atoms with Gasteiger partial charge in [0.15, 0.2) is 0 Å². The third-order valence-corrected chi connectivity index (χ3v) is 2.37. The Morgan fingerprint density at radius 1 is 1.50 bits per heavy atom. The maximum Gasteiger partial charge on any atom is 0.323 e. The number of allylic oxidation sites excluding steroid dienone is 1. The van der Waals surface area contributed by atoms with E-state index in [1.807, 2.05) is 6.08 Å². The Labute approximate surface area is 81.0 Å². The fourth-order valence-corrected chi connectivity index (χ4v) is 1.76. The number of hydrogen-bond donors (Lipinski definition) is 0. The summed E-state index contributed by atoms with van der Waals surface area (Å²) in [5.74, 6) is -1.97. The van der Waals surface area contributed by atoms with Gasteiger partial charge in [-0.1, -0.05) is 18.7 Å². The summed E-state index contributed by atoms with van der Waals surface area (Å²) in [6.07, 6.45) is 5.49. The molecule has 2 rings (SSSR count). The Morgan fingerprint density at radius 2 is 2.29 bits per heavy atom. The summed E-state index contributed by atoms with van der Waals surface area (Å²) in [4.78, 5) is 26.5. The lowest BCUT2D eigenvalue weighted by Gasteiger charge is -2.15. The first-order valence-corrected chi connectivity index (χ1v) is 4.33. The van der Waals surface area contributed by atoms with Gasteiger partial charge in [0.05, 0.1) is 5.92 Å². The van der Waals surface area contributed by atoms with Crippen molar-refractivity contribution in [2.75, 3.05) is 0 Å². The molecule has 72 valence electrons. The second kappa shape index (κ2) is 3.21. The number of esters is 2. The van der Waals surface area contributed by atoms with Crippen LogP contribution in [0, 0.1) is 11.8 Å². The molecule has 0 aromatic heterocycles. The van der Waals surface area contributed by atoms with E-state index in [-0.39, 0.29) is 0 Å². The number of fused-ring (bicyclic) bond motifs is 1. The highest BCUT2D eigenvalue weighted by Crippen LogP contribution is 2.30. The van der Waals surface area contributed by atoms with Crippen molar-refractivity contribution in [3.63, 3.8) is 0 Å². The number of nitrogens with zero attached hydrogens (tertiary/aromatic N) is 1. The number of aliphatic imine (C=N–C) groups is 1. The molecule has 2 unspecified atom stereocenters. The van der Waals surface area contributed by atoms with Crippen LogP contribution in [0.25, 0.3) is 0 Å². The maximum atomic E-state index is 11.3. The lowest BCUT2D eigenvalue weighted by molar-refractivity contribution is -0.153. The van der Waals surface area contributed by atoms with Crippen LogP contribution in [0.3, 0.4) is 0 Å². The van der Waals surface area contributed by atoms with Crippen molar-refractivity contribution >= 4 is 17.7 Å². The molecule has 1 aliphatic carbocycles. The third-order valence-electron chi connectivity index (χ3n) is 2.37. The van der Waals surface area contributed by atoms with Crippen LogP contribution in [0.1, 0.15) is 6.42 Å². The molecular formula is C10H9NO3. The molecule has 1 heterocycles. The van der Waals surface area contributed by atoms with Gasteiger partial charge in [-0.2, -0.15) is 0 Å². The summed E-state index contributed by atoms with van der Waals surface area (Å²) >= 11 is 0. The minimum absolute atomic E-state index is 0.477. The van der Waals surface area contributed by atoms with Gasteiger partial charge >= 0.3 is 11.9 Å². The zero-order valence-electron chi connectivity index (χ0n) is 7.47. The van der Waals surface area contributed by atoms with Gasteiger partial charge in [0.25, 0.3) is 0 Å². The van der Waals surface area contributed by atoms with Gasteiger partial charge in [-0.05, 0) is 0 Å². The molecule has 0 bridgehead atoms. The highest BCUT2D eigenvalue weighted by molar-refractivity contribution is 6.13. The van der Waals surface area contributed by atoms with Crippen LogP contribution >= 0.6 is 0 Å². The molecule has 14 heavy (non-hydrogen) atoms. The molecule has 0 radical (unpaired) electrons. The van der Waals surface area contributed by atoms with E-state index >= 15 is 0 Å². The second-order valence-corrected chi connectivity index (χ2v) is 3.18.